The second-order valence-electron chi connectivity index (χ2n) is 5.69. The van der Waals surface area contributed by atoms with E-state index in [0.717, 1.165) is 25.9 Å². The maximum absolute atomic E-state index is 10.1. The number of rotatable bonds is 0. The number of benzene rings is 1. The van der Waals surface area contributed by atoms with Crippen LogP contribution in [0.5, 0.6) is 5.75 Å². The summed E-state index contributed by atoms with van der Waals surface area (Å²) in [4.78, 5) is 2.46. The van der Waals surface area contributed by atoms with Gasteiger partial charge in [-0.3, -0.25) is 0 Å². The van der Waals surface area contributed by atoms with E-state index >= 15 is 0 Å². The van der Waals surface area contributed by atoms with Gasteiger partial charge in [0.2, 0.25) is 0 Å². The Morgan fingerprint density at radius 1 is 1.25 bits per heavy atom. The molecule has 0 radical (unpaired) electrons. The molecule has 3 rings (SSSR count). The van der Waals surface area contributed by atoms with Crippen LogP contribution >= 0.6 is 0 Å². The van der Waals surface area contributed by atoms with Crippen LogP contribution in [0.4, 0.5) is 5.69 Å². The molecule has 0 saturated carbocycles. The Morgan fingerprint density at radius 2 is 2.06 bits per heavy atom. The number of hydrogen-bond acceptors (Lipinski definition) is 2. The van der Waals surface area contributed by atoms with Crippen LogP contribution in [-0.2, 0) is 11.8 Å². The molecule has 86 valence electrons. The molecule has 1 N–H and O–H groups in total. The summed E-state index contributed by atoms with van der Waals surface area (Å²) in [6.45, 7) is 6.78. The highest BCUT2D eigenvalue weighted by Gasteiger charge is 2.36. The third kappa shape index (κ3) is 1.25. The lowest BCUT2D eigenvalue weighted by Gasteiger charge is -2.43. The van der Waals surface area contributed by atoms with Crippen molar-refractivity contribution < 1.29 is 5.11 Å². The summed E-state index contributed by atoms with van der Waals surface area (Å²) >= 11 is 0. The van der Waals surface area contributed by atoms with Gasteiger partial charge in [-0.25, -0.2) is 0 Å². The van der Waals surface area contributed by atoms with Crippen molar-refractivity contribution >= 4 is 5.69 Å². The quantitative estimate of drug-likeness (QED) is 0.722. The molecular weight excluding hydrogens is 198 g/mol. The molecule has 16 heavy (non-hydrogen) atoms. The van der Waals surface area contributed by atoms with E-state index in [9.17, 15) is 5.11 Å². The maximum atomic E-state index is 10.1. The lowest BCUT2D eigenvalue weighted by molar-refractivity contribution is 0.401. The summed E-state index contributed by atoms with van der Waals surface area (Å²) in [5.74, 6) is 0.482. The van der Waals surface area contributed by atoms with Gasteiger partial charge in [-0.2, -0.15) is 0 Å². The topological polar surface area (TPSA) is 23.5 Å². The molecule has 1 aromatic rings. The molecule has 2 heteroatoms. The molecule has 2 aliphatic rings. The summed E-state index contributed by atoms with van der Waals surface area (Å²) in [5.41, 5.74) is 4.05. The van der Waals surface area contributed by atoms with Gasteiger partial charge in [-0.15, -0.1) is 0 Å². The third-order valence-electron chi connectivity index (χ3n) is 4.11. The highest BCUT2D eigenvalue weighted by molar-refractivity contribution is 5.69. The van der Waals surface area contributed by atoms with Gasteiger partial charge in [0.1, 0.15) is 5.75 Å². The van der Waals surface area contributed by atoms with Crippen LogP contribution in [0, 0.1) is 0 Å². The molecule has 0 aromatic heterocycles. The highest BCUT2D eigenvalue weighted by Crippen LogP contribution is 2.47. The van der Waals surface area contributed by atoms with Crippen LogP contribution in [0.1, 0.15) is 37.8 Å². The molecular formula is C14H19NO. The predicted molar refractivity (Wildman–Crippen MR) is 66.3 cm³/mol. The van der Waals surface area contributed by atoms with Crippen LogP contribution < -0.4 is 4.90 Å². The van der Waals surface area contributed by atoms with Gasteiger partial charge in [0.25, 0.3) is 0 Å². The summed E-state index contributed by atoms with van der Waals surface area (Å²) < 4.78 is 0. The Morgan fingerprint density at radius 3 is 2.88 bits per heavy atom. The van der Waals surface area contributed by atoms with Crippen LogP contribution in [0.15, 0.2) is 12.1 Å². The molecule has 0 bridgehead atoms. The number of anilines is 1. The Kier molecular flexibility index (Phi) is 1.97. The van der Waals surface area contributed by atoms with Crippen molar-refractivity contribution in [2.24, 2.45) is 0 Å². The number of phenols is 1. The van der Waals surface area contributed by atoms with Crippen LogP contribution in [0.2, 0.25) is 0 Å². The Labute approximate surface area is 96.9 Å². The molecule has 2 nitrogen and oxygen atoms in total. The Balaban J connectivity index is 2.28. The molecule has 0 aliphatic carbocycles. The predicted octanol–water partition coefficient (Wildman–Crippen LogP) is 2.83. The average molecular weight is 217 g/mol. The number of aromatic hydroxyl groups is 1. The lowest BCUT2D eigenvalue weighted by atomic mass is 9.75. The van der Waals surface area contributed by atoms with Gasteiger partial charge in [0.15, 0.2) is 0 Å². The molecule has 2 aliphatic heterocycles. The minimum Gasteiger partial charge on any atom is -0.508 e. The normalized spacial score (nSPS) is 21.8. The monoisotopic (exact) mass is 217 g/mol. The van der Waals surface area contributed by atoms with Crippen molar-refractivity contribution in [3.8, 4) is 5.75 Å². The Hall–Kier alpha value is -1.18. The van der Waals surface area contributed by atoms with Crippen molar-refractivity contribution in [2.75, 3.05) is 18.0 Å². The summed E-state index contributed by atoms with van der Waals surface area (Å²) in [6.07, 6.45) is 3.55. The third-order valence-corrected chi connectivity index (χ3v) is 4.11. The number of aryl methyl sites for hydroxylation is 1. The van der Waals surface area contributed by atoms with Gasteiger partial charge >= 0.3 is 0 Å². The summed E-state index contributed by atoms with van der Waals surface area (Å²) in [6, 6.07) is 3.98. The van der Waals surface area contributed by atoms with E-state index in [1.54, 1.807) is 0 Å². The maximum Gasteiger partial charge on any atom is 0.121 e. The van der Waals surface area contributed by atoms with Crippen LogP contribution in [0.25, 0.3) is 0 Å². The standard InChI is InChI=1S/C14H19NO/c1-14(2)7-9-15-8-3-4-10-5-6-11(16)12(14)13(10)15/h5-6,16H,3-4,7-9H2,1-2H3. The van der Waals surface area contributed by atoms with E-state index in [0.29, 0.717) is 5.75 Å². The van der Waals surface area contributed by atoms with Crippen molar-refractivity contribution in [3.63, 3.8) is 0 Å². The van der Waals surface area contributed by atoms with Gasteiger partial charge in [-0.1, -0.05) is 19.9 Å². The van der Waals surface area contributed by atoms with E-state index in [2.05, 4.69) is 24.8 Å². The second kappa shape index (κ2) is 3.16. The van der Waals surface area contributed by atoms with Gasteiger partial charge in [0, 0.05) is 24.3 Å². The molecule has 0 spiro atoms. The first kappa shape index (κ1) is 10.0. The van der Waals surface area contributed by atoms with E-state index in [4.69, 9.17) is 0 Å². The minimum atomic E-state index is 0.114. The molecule has 0 unspecified atom stereocenters. The zero-order valence-electron chi connectivity index (χ0n) is 10.1. The van der Waals surface area contributed by atoms with Crippen molar-refractivity contribution in [1.82, 2.24) is 0 Å². The lowest BCUT2D eigenvalue weighted by Crippen LogP contribution is -2.40. The Bertz CT molecular complexity index is 437. The van der Waals surface area contributed by atoms with E-state index in [-0.39, 0.29) is 5.41 Å². The van der Waals surface area contributed by atoms with Crippen molar-refractivity contribution in [3.05, 3.63) is 23.3 Å². The van der Waals surface area contributed by atoms with Gasteiger partial charge in [0.05, 0.1) is 0 Å². The first-order valence-electron chi connectivity index (χ1n) is 6.20. The van der Waals surface area contributed by atoms with Gasteiger partial charge < -0.3 is 10.0 Å². The zero-order valence-corrected chi connectivity index (χ0v) is 10.1. The van der Waals surface area contributed by atoms with Crippen molar-refractivity contribution in [2.45, 2.75) is 38.5 Å². The fraction of sp³-hybridized carbons (Fsp3) is 0.571. The average Bonchev–Trinajstić information content (AvgIpc) is 2.25. The summed E-state index contributed by atoms with van der Waals surface area (Å²) in [7, 11) is 0. The largest absolute Gasteiger partial charge is 0.508 e. The fourth-order valence-corrected chi connectivity index (χ4v) is 3.19. The SMILES string of the molecule is CC1(C)CCN2CCCc3ccc(O)c1c32. The molecule has 2 heterocycles. The molecule has 0 amide bonds. The van der Waals surface area contributed by atoms with Gasteiger partial charge in [-0.05, 0) is 36.3 Å². The number of hydrogen-bond donors (Lipinski definition) is 1. The van der Waals surface area contributed by atoms with E-state index in [1.165, 1.54) is 23.2 Å². The van der Waals surface area contributed by atoms with E-state index < -0.39 is 0 Å². The summed E-state index contributed by atoms with van der Waals surface area (Å²) in [5, 5.41) is 10.1. The first-order chi connectivity index (χ1) is 7.59. The second-order valence-corrected chi connectivity index (χ2v) is 5.69. The molecule has 0 saturated heterocycles. The zero-order chi connectivity index (χ0) is 11.3. The van der Waals surface area contributed by atoms with E-state index in [1.807, 2.05) is 6.07 Å². The minimum absolute atomic E-state index is 0.114. The first-order valence-corrected chi connectivity index (χ1v) is 6.20. The van der Waals surface area contributed by atoms with Crippen molar-refractivity contribution in [1.29, 1.82) is 0 Å². The van der Waals surface area contributed by atoms with Crippen LogP contribution in [-0.4, -0.2) is 18.2 Å². The number of phenolic OH excluding ortho intramolecular Hbond substituents is 1. The van der Waals surface area contributed by atoms with Crippen LogP contribution in [0.3, 0.4) is 0 Å². The molecule has 0 atom stereocenters. The molecule has 1 aromatic carbocycles. The molecule has 0 fully saturated rings. The number of nitrogens with zero attached hydrogens (tertiary/aromatic N) is 1. The smallest absolute Gasteiger partial charge is 0.121 e. The highest BCUT2D eigenvalue weighted by atomic mass is 16.3. The fourth-order valence-electron chi connectivity index (χ4n) is 3.19.